The molecule has 2 unspecified atom stereocenters. The molecular formula is C12H21N3O2S2. The molecule has 2 rings (SSSR count). The van der Waals surface area contributed by atoms with Crippen molar-refractivity contribution in [3.8, 4) is 0 Å². The van der Waals surface area contributed by atoms with Crippen LogP contribution in [0.2, 0.25) is 0 Å². The van der Waals surface area contributed by atoms with E-state index in [1.807, 2.05) is 13.1 Å². The average molecular weight is 303 g/mol. The number of piperidine rings is 1. The maximum Gasteiger partial charge on any atom is 0.211 e. The van der Waals surface area contributed by atoms with E-state index >= 15 is 0 Å². The Bertz CT molecular complexity index is 527. The first-order valence-corrected chi connectivity index (χ1v) is 9.16. The summed E-state index contributed by atoms with van der Waals surface area (Å²) < 4.78 is 24.7. The van der Waals surface area contributed by atoms with E-state index in [0.29, 0.717) is 19.0 Å². The quantitative estimate of drug-likeness (QED) is 0.915. The third-order valence-corrected chi connectivity index (χ3v) is 5.86. The van der Waals surface area contributed by atoms with Gasteiger partial charge in [0, 0.05) is 30.2 Å². The molecule has 0 spiro atoms. The van der Waals surface area contributed by atoms with Crippen LogP contribution in [-0.2, 0) is 10.0 Å². The van der Waals surface area contributed by atoms with Crippen LogP contribution in [0.4, 0.5) is 0 Å². The van der Waals surface area contributed by atoms with Crippen molar-refractivity contribution in [2.24, 2.45) is 11.7 Å². The minimum atomic E-state index is -3.07. The summed E-state index contributed by atoms with van der Waals surface area (Å²) in [5, 5.41) is 1.02. The minimum Gasteiger partial charge on any atom is -0.323 e. The van der Waals surface area contributed by atoms with Gasteiger partial charge in [0.05, 0.1) is 11.3 Å². The van der Waals surface area contributed by atoms with Crippen LogP contribution in [0.1, 0.15) is 35.2 Å². The van der Waals surface area contributed by atoms with Crippen LogP contribution in [0.25, 0.3) is 0 Å². The highest BCUT2D eigenvalue weighted by Gasteiger charge is 2.27. The molecule has 2 heterocycles. The Kier molecular flexibility index (Phi) is 4.60. The Balaban J connectivity index is 1.95. The van der Waals surface area contributed by atoms with E-state index in [-0.39, 0.29) is 6.04 Å². The maximum absolute atomic E-state index is 11.6. The van der Waals surface area contributed by atoms with Gasteiger partial charge in [-0.2, -0.15) is 0 Å². The van der Waals surface area contributed by atoms with Crippen LogP contribution in [0.5, 0.6) is 0 Å². The zero-order valence-electron chi connectivity index (χ0n) is 11.4. The van der Waals surface area contributed by atoms with Gasteiger partial charge in [0.15, 0.2) is 0 Å². The predicted molar refractivity (Wildman–Crippen MR) is 77.5 cm³/mol. The Morgan fingerprint density at radius 3 is 2.95 bits per heavy atom. The molecule has 0 bridgehead atoms. The highest BCUT2D eigenvalue weighted by atomic mass is 32.2. The van der Waals surface area contributed by atoms with Gasteiger partial charge in [-0.25, -0.2) is 17.7 Å². The topological polar surface area (TPSA) is 76.3 Å². The van der Waals surface area contributed by atoms with Crippen LogP contribution in [0.15, 0.2) is 6.20 Å². The Labute approximate surface area is 118 Å². The first-order valence-electron chi connectivity index (χ1n) is 6.49. The van der Waals surface area contributed by atoms with Crippen LogP contribution in [0.3, 0.4) is 0 Å². The summed E-state index contributed by atoms with van der Waals surface area (Å²) in [4.78, 5) is 5.31. The van der Waals surface area contributed by atoms with Gasteiger partial charge in [-0.15, -0.1) is 11.3 Å². The first-order chi connectivity index (χ1) is 8.86. The lowest BCUT2D eigenvalue weighted by molar-refractivity contribution is 0.247. The first kappa shape index (κ1) is 14.9. The molecule has 0 saturated carbocycles. The monoisotopic (exact) mass is 303 g/mol. The zero-order chi connectivity index (χ0) is 14.0. The van der Waals surface area contributed by atoms with Gasteiger partial charge in [0.25, 0.3) is 0 Å². The van der Waals surface area contributed by atoms with E-state index in [9.17, 15) is 8.42 Å². The maximum atomic E-state index is 11.6. The fourth-order valence-corrected chi connectivity index (χ4v) is 4.29. The summed E-state index contributed by atoms with van der Waals surface area (Å²) in [6, 6.07) is -0.0317. The van der Waals surface area contributed by atoms with Crippen molar-refractivity contribution in [2.45, 2.75) is 32.2 Å². The van der Waals surface area contributed by atoms with E-state index < -0.39 is 10.0 Å². The molecule has 2 N–H and O–H groups in total. The van der Waals surface area contributed by atoms with E-state index in [2.05, 4.69) is 4.98 Å². The standard InChI is InChI=1S/C12H21N3O2S2/c1-9-14-7-12(18-9)11(13)6-10-4-3-5-15(8-10)19(2,16)17/h7,10-11H,3-6,8,13H2,1-2H3. The Morgan fingerprint density at radius 2 is 2.37 bits per heavy atom. The second-order valence-corrected chi connectivity index (χ2v) is 8.50. The van der Waals surface area contributed by atoms with Crippen LogP contribution >= 0.6 is 11.3 Å². The lowest BCUT2D eigenvalue weighted by Gasteiger charge is -2.32. The predicted octanol–water partition coefficient (Wildman–Crippen LogP) is 1.51. The molecular weight excluding hydrogens is 282 g/mol. The molecule has 2 atom stereocenters. The third kappa shape index (κ3) is 3.98. The second-order valence-electron chi connectivity index (χ2n) is 5.25. The van der Waals surface area contributed by atoms with E-state index in [4.69, 9.17) is 5.73 Å². The molecule has 0 aliphatic carbocycles. The Hall–Kier alpha value is -0.500. The van der Waals surface area contributed by atoms with Crippen LogP contribution in [0, 0.1) is 12.8 Å². The van der Waals surface area contributed by atoms with Crippen molar-refractivity contribution in [3.05, 3.63) is 16.1 Å². The molecule has 1 aromatic heterocycles. The molecule has 1 aliphatic rings. The molecule has 0 aromatic carbocycles. The van der Waals surface area contributed by atoms with Crippen molar-refractivity contribution in [1.29, 1.82) is 0 Å². The number of thiazole rings is 1. The van der Waals surface area contributed by atoms with Gasteiger partial charge in [0.2, 0.25) is 10.0 Å². The number of hydrogen-bond donors (Lipinski definition) is 1. The molecule has 1 aliphatic heterocycles. The largest absolute Gasteiger partial charge is 0.323 e. The lowest BCUT2D eigenvalue weighted by atomic mass is 9.92. The summed E-state index contributed by atoms with van der Waals surface area (Å²) in [6.07, 6.45) is 5.92. The summed E-state index contributed by atoms with van der Waals surface area (Å²) in [6.45, 7) is 3.21. The lowest BCUT2D eigenvalue weighted by Crippen LogP contribution is -2.40. The zero-order valence-corrected chi connectivity index (χ0v) is 13.0. The van der Waals surface area contributed by atoms with Gasteiger partial charge < -0.3 is 5.73 Å². The Morgan fingerprint density at radius 1 is 1.63 bits per heavy atom. The SMILES string of the molecule is Cc1ncc(C(N)CC2CCCN(S(C)(=O)=O)C2)s1. The average Bonchev–Trinajstić information content (AvgIpc) is 2.75. The highest BCUT2D eigenvalue weighted by Crippen LogP contribution is 2.29. The van der Waals surface area contributed by atoms with Crippen molar-refractivity contribution in [3.63, 3.8) is 0 Å². The summed E-state index contributed by atoms with van der Waals surface area (Å²) in [5.74, 6) is 0.348. The van der Waals surface area contributed by atoms with Gasteiger partial charge in [-0.3, -0.25) is 0 Å². The fraction of sp³-hybridized carbons (Fsp3) is 0.750. The fourth-order valence-electron chi connectivity index (χ4n) is 2.54. The van der Waals surface area contributed by atoms with Crippen LogP contribution in [-0.4, -0.2) is 37.1 Å². The number of aromatic nitrogens is 1. The van der Waals surface area contributed by atoms with E-state index in [0.717, 1.165) is 29.1 Å². The van der Waals surface area contributed by atoms with Crippen molar-refractivity contribution in [1.82, 2.24) is 9.29 Å². The summed E-state index contributed by atoms with van der Waals surface area (Å²) in [7, 11) is -3.07. The smallest absolute Gasteiger partial charge is 0.211 e. The molecule has 0 radical (unpaired) electrons. The highest BCUT2D eigenvalue weighted by molar-refractivity contribution is 7.88. The van der Waals surface area contributed by atoms with Crippen LogP contribution < -0.4 is 5.73 Å². The molecule has 1 aromatic rings. The number of aryl methyl sites for hydroxylation is 1. The number of nitrogens with zero attached hydrogens (tertiary/aromatic N) is 2. The van der Waals surface area contributed by atoms with E-state index in [1.165, 1.54) is 6.26 Å². The number of hydrogen-bond acceptors (Lipinski definition) is 5. The number of nitrogens with two attached hydrogens (primary N) is 1. The van der Waals surface area contributed by atoms with Gasteiger partial charge in [-0.05, 0) is 32.1 Å². The van der Waals surface area contributed by atoms with Crippen molar-refractivity contribution >= 4 is 21.4 Å². The van der Waals surface area contributed by atoms with Crippen molar-refractivity contribution < 1.29 is 8.42 Å². The second kappa shape index (κ2) is 5.87. The molecule has 19 heavy (non-hydrogen) atoms. The molecule has 5 nitrogen and oxygen atoms in total. The van der Waals surface area contributed by atoms with Gasteiger partial charge in [0.1, 0.15) is 0 Å². The van der Waals surface area contributed by atoms with E-state index in [1.54, 1.807) is 15.6 Å². The molecule has 0 amide bonds. The van der Waals surface area contributed by atoms with Gasteiger partial charge in [-0.1, -0.05) is 0 Å². The third-order valence-electron chi connectivity index (χ3n) is 3.54. The number of rotatable bonds is 4. The number of sulfonamides is 1. The molecule has 7 heteroatoms. The summed E-state index contributed by atoms with van der Waals surface area (Å²) >= 11 is 1.62. The normalized spacial score (nSPS) is 23.4. The molecule has 108 valence electrons. The molecule has 1 saturated heterocycles. The molecule has 1 fully saturated rings. The van der Waals surface area contributed by atoms with Gasteiger partial charge >= 0.3 is 0 Å². The summed E-state index contributed by atoms with van der Waals surface area (Å²) in [5.41, 5.74) is 6.20. The van der Waals surface area contributed by atoms with Crippen molar-refractivity contribution in [2.75, 3.05) is 19.3 Å². The minimum absolute atomic E-state index is 0.0317.